The van der Waals surface area contributed by atoms with Gasteiger partial charge in [-0.2, -0.15) is 0 Å². The van der Waals surface area contributed by atoms with Crippen molar-refractivity contribution in [2.75, 3.05) is 19.5 Å². The monoisotopic (exact) mass is 349 g/mol. The lowest BCUT2D eigenvalue weighted by molar-refractivity contribution is 0.414. The maximum Gasteiger partial charge on any atom is 0.142 e. The first-order chi connectivity index (χ1) is 10.1. The summed E-state index contributed by atoms with van der Waals surface area (Å²) in [5, 5.41) is 3.49. The van der Waals surface area contributed by atoms with E-state index in [1.165, 1.54) is 5.56 Å². The second kappa shape index (κ2) is 7.36. The third-order valence-corrected chi connectivity index (χ3v) is 3.76. The minimum absolute atomic E-state index is 0.293. The van der Waals surface area contributed by atoms with Gasteiger partial charge in [0.1, 0.15) is 11.5 Å². The molecule has 0 radical (unpaired) electrons. The third-order valence-electron chi connectivity index (χ3n) is 3.26. The first-order valence-corrected chi connectivity index (χ1v) is 7.64. The van der Waals surface area contributed by atoms with Crippen LogP contribution in [0.2, 0.25) is 0 Å². The van der Waals surface area contributed by atoms with E-state index >= 15 is 0 Å². The zero-order valence-electron chi connectivity index (χ0n) is 12.5. The van der Waals surface area contributed by atoms with Crippen LogP contribution in [0.1, 0.15) is 12.5 Å². The van der Waals surface area contributed by atoms with E-state index in [-0.39, 0.29) is 0 Å². The Morgan fingerprint density at radius 2 is 1.76 bits per heavy atom. The van der Waals surface area contributed by atoms with E-state index < -0.39 is 0 Å². The molecule has 3 nitrogen and oxygen atoms in total. The Kier molecular flexibility index (Phi) is 5.51. The molecule has 0 aliphatic carbocycles. The number of benzene rings is 2. The molecule has 0 amide bonds. The average Bonchev–Trinajstić information content (AvgIpc) is 2.48. The van der Waals surface area contributed by atoms with Crippen molar-refractivity contribution in [3.05, 3.63) is 52.5 Å². The number of anilines is 1. The molecule has 0 aromatic heterocycles. The molecule has 4 heteroatoms. The van der Waals surface area contributed by atoms with Crippen LogP contribution in [0.4, 0.5) is 5.69 Å². The summed E-state index contributed by atoms with van der Waals surface area (Å²) in [4.78, 5) is 0. The number of hydrogen-bond acceptors (Lipinski definition) is 3. The Morgan fingerprint density at radius 1 is 1.05 bits per heavy atom. The molecule has 0 bridgehead atoms. The van der Waals surface area contributed by atoms with Gasteiger partial charge in [-0.15, -0.1) is 0 Å². The number of methoxy groups -OCH3 is 2. The highest BCUT2D eigenvalue weighted by atomic mass is 79.9. The van der Waals surface area contributed by atoms with E-state index in [0.717, 1.165) is 28.1 Å². The van der Waals surface area contributed by atoms with Crippen molar-refractivity contribution in [2.24, 2.45) is 0 Å². The van der Waals surface area contributed by atoms with Gasteiger partial charge in [-0.05, 0) is 49.2 Å². The van der Waals surface area contributed by atoms with Crippen LogP contribution in [0.3, 0.4) is 0 Å². The van der Waals surface area contributed by atoms with Crippen molar-refractivity contribution in [1.29, 1.82) is 0 Å². The molecule has 0 saturated heterocycles. The molecule has 0 aliphatic heterocycles. The standard InChI is InChI=1S/C17H20BrNO2/c1-12(10-13-4-7-15(20-2)8-5-13)19-16-11-14(18)6-9-17(16)21-3/h4-9,11-12,19H,10H2,1-3H3. The van der Waals surface area contributed by atoms with Crippen molar-refractivity contribution >= 4 is 21.6 Å². The van der Waals surface area contributed by atoms with Crippen LogP contribution in [0.25, 0.3) is 0 Å². The molecule has 21 heavy (non-hydrogen) atoms. The lowest BCUT2D eigenvalue weighted by Gasteiger charge is -2.18. The molecular formula is C17H20BrNO2. The summed E-state index contributed by atoms with van der Waals surface area (Å²) in [6, 6.07) is 14.4. The minimum atomic E-state index is 0.293. The summed E-state index contributed by atoms with van der Waals surface area (Å²) in [5.74, 6) is 1.73. The van der Waals surface area contributed by atoms with Crippen molar-refractivity contribution in [3.63, 3.8) is 0 Å². The summed E-state index contributed by atoms with van der Waals surface area (Å²) in [6.45, 7) is 2.16. The lowest BCUT2D eigenvalue weighted by atomic mass is 10.1. The Balaban J connectivity index is 2.03. The summed E-state index contributed by atoms with van der Waals surface area (Å²) >= 11 is 3.49. The van der Waals surface area contributed by atoms with Crippen LogP contribution in [-0.2, 0) is 6.42 Å². The second-order valence-corrected chi connectivity index (χ2v) is 5.86. The molecule has 0 fully saturated rings. The van der Waals surface area contributed by atoms with Gasteiger partial charge in [0.15, 0.2) is 0 Å². The normalized spacial score (nSPS) is 11.8. The van der Waals surface area contributed by atoms with Gasteiger partial charge in [0.2, 0.25) is 0 Å². The Morgan fingerprint density at radius 3 is 2.38 bits per heavy atom. The van der Waals surface area contributed by atoms with E-state index in [0.29, 0.717) is 6.04 Å². The van der Waals surface area contributed by atoms with Gasteiger partial charge in [0.05, 0.1) is 19.9 Å². The predicted octanol–water partition coefficient (Wildman–Crippen LogP) is 4.51. The number of halogens is 1. The highest BCUT2D eigenvalue weighted by Crippen LogP contribution is 2.28. The Bertz CT molecular complexity index is 584. The molecule has 1 atom stereocenters. The summed E-state index contributed by atoms with van der Waals surface area (Å²) in [7, 11) is 3.36. The molecule has 2 aromatic rings. The molecule has 0 spiro atoms. The molecule has 2 rings (SSSR count). The highest BCUT2D eigenvalue weighted by molar-refractivity contribution is 9.10. The zero-order chi connectivity index (χ0) is 15.2. The predicted molar refractivity (Wildman–Crippen MR) is 90.5 cm³/mol. The summed E-state index contributed by atoms with van der Waals surface area (Å²) in [6.07, 6.45) is 0.930. The Labute approximate surface area is 134 Å². The van der Waals surface area contributed by atoms with Crippen molar-refractivity contribution < 1.29 is 9.47 Å². The first-order valence-electron chi connectivity index (χ1n) is 6.85. The van der Waals surface area contributed by atoms with E-state index in [1.807, 2.05) is 30.3 Å². The van der Waals surface area contributed by atoms with Gasteiger partial charge in [-0.25, -0.2) is 0 Å². The second-order valence-electron chi connectivity index (χ2n) is 4.94. The van der Waals surface area contributed by atoms with E-state index in [9.17, 15) is 0 Å². The van der Waals surface area contributed by atoms with E-state index in [4.69, 9.17) is 9.47 Å². The number of rotatable bonds is 6. The van der Waals surface area contributed by atoms with Gasteiger partial charge in [-0.3, -0.25) is 0 Å². The van der Waals surface area contributed by atoms with Gasteiger partial charge < -0.3 is 14.8 Å². The fraction of sp³-hybridized carbons (Fsp3) is 0.294. The van der Waals surface area contributed by atoms with E-state index in [2.05, 4.69) is 40.3 Å². The van der Waals surface area contributed by atoms with Crippen LogP contribution in [-0.4, -0.2) is 20.3 Å². The SMILES string of the molecule is COc1ccc(CC(C)Nc2cc(Br)ccc2OC)cc1. The smallest absolute Gasteiger partial charge is 0.142 e. The highest BCUT2D eigenvalue weighted by Gasteiger charge is 2.08. The topological polar surface area (TPSA) is 30.5 Å². The average molecular weight is 350 g/mol. The van der Waals surface area contributed by atoms with Crippen LogP contribution < -0.4 is 14.8 Å². The van der Waals surface area contributed by atoms with E-state index in [1.54, 1.807) is 14.2 Å². The Hall–Kier alpha value is -1.68. The number of hydrogen-bond donors (Lipinski definition) is 1. The van der Waals surface area contributed by atoms with Crippen molar-refractivity contribution in [2.45, 2.75) is 19.4 Å². The van der Waals surface area contributed by atoms with Gasteiger partial charge in [-0.1, -0.05) is 28.1 Å². The molecular weight excluding hydrogens is 330 g/mol. The summed E-state index contributed by atoms with van der Waals surface area (Å²) in [5.41, 5.74) is 2.26. The quantitative estimate of drug-likeness (QED) is 0.832. The fourth-order valence-electron chi connectivity index (χ4n) is 2.22. The van der Waals surface area contributed by atoms with Crippen LogP contribution in [0.15, 0.2) is 46.9 Å². The van der Waals surface area contributed by atoms with Crippen molar-refractivity contribution in [1.82, 2.24) is 0 Å². The maximum absolute atomic E-state index is 5.38. The van der Waals surface area contributed by atoms with Gasteiger partial charge in [0.25, 0.3) is 0 Å². The number of nitrogens with one attached hydrogen (secondary N) is 1. The molecule has 2 aromatic carbocycles. The molecule has 0 saturated carbocycles. The maximum atomic E-state index is 5.38. The fourth-order valence-corrected chi connectivity index (χ4v) is 2.59. The molecule has 1 unspecified atom stereocenters. The zero-order valence-corrected chi connectivity index (χ0v) is 14.1. The first kappa shape index (κ1) is 15.7. The van der Waals surface area contributed by atoms with Crippen LogP contribution in [0.5, 0.6) is 11.5 Å². The number of ether oxygens (including phenoxy) is 2. The molecule has 0 heterocycles. The molecule has 0 aliphatic rings. The largest absolute Gasteiger partial charge is 0.497 e. The minimum Gasteiger partial charge on any atom is -0.497 e. The molecule has 1 N–H and O–H groups in total. The van der Waals surface area contributed by atoms with Crippen molar-refractivity contribution in [3.8, 4) is 11.5 Å². The van der Waals surface area contributed by atoms with Crippen LogP contribution >= 0.6 is 15.9 Å². The summed E-state index contributed by atoms with van der Waals surface area (Å²) < 4.78 is 11.6. The van der Waals surface area contributed by atoms with Gasteiger partial charge >= 0.3 is 0 Å². The third kappa shape index (κ3) is 4.39. The lowest BCUT2D eigenvalue weighted by Crippen LogP contribution is -2.18. The van der Waals surface area contributed by atoms with Gasteiger partial charge in [0, 0.05) is 10.5 Å². The van der Waals surface area contributed by atoms with Crippen LogP contribution in [0, 0.1) is 0 Å². The molecule has 112 valence electrons.